The van der Waals surface area contributed by atoms with Gasteiger partial charge in [0.2, 0.25) is 15.9 Å². The Morgan fingerprint density at radius 1 is 1.04 bits per heavy atom. The minimum atomic E-state index is -3.59. The van der Waals surface area contributed by atoms with Crippen LogP contribution in [0.25, 0.3) is 0 Å². The standard InChI is InChI=1S/C16H21N3O4S/c1-12(20)13-2-4-15(5-3-13)24(22,23)19-8-6-18(7-9-19)16(21)14-10-17-11-14/h2-5,14,17H,6-11H2,1H3. The largest absolute Gasteiger partial charge is 0.340 e. The number of hydrogen-bond donors (Lipinski definition) is 1. The third kappa shape index (κ3) is 3.22. The maximum absolute atomic E-state index is 12.7. The summed E-state index contributed by atoms with van der Waals surface area (Å²) in [5.74, 6) is 0.0421. The molecule has 0 saturated carbocycles. The Labute approximate surface area is 141 Å². The van der Waals surface area contributed by atoms with Crippen molar-refractivity contribution in [1.82, 2.24) is 14.5 Å². The molecule has 0 radical (unpaired) electrons. The Kier molecular flexibility index (Phi) is 4.71. The van der Waals surface area contributed by atoms with Crippen LogP contribution in [0.5, 0.6) is 0 Å². The van der Waals surface area contributed by atoms with Crippen LogP contribution in [-0.2, 0) is 14.8 Å². The minimum absolute atomic E-state index is 0.0345. The number of amides is 1. The maximum atomic E-state index is 12.7. The monoisotopic (exact) mass is 351 g/mol. The molecule has 2 aliphatic heterocycles. The van der Waals surface area contributed by atoms with Gasteiger partial charge in [0.15, 0.2) is 5.78 Å². The molecule has 0 aromatic heterocycles. The van der Waals surface area contributed by atoms with Crippen LogP contribution in [0.4, 0.5) is 0 Å². The molecule has 2 fully saturated rings. The van der Waals surface area contributed by atoms with Gasteiger partial charge in [-0.15, -0.1) is 0 Å². The van der Waals surface area contributed by atoms with E-state index in [1.165, 1.54) is 35.5 Å². The molecule has 8 heteroatoms. The SMILES string of the molecule is CC(=O)c1ccc(S(=O)(=O)N2CCN(C(=O)C3CNC3)CC2)cc1. The lowest BCUT2D eigenvalue weighted by Crippen LogP contribution is -2.57. The summed E-state index contributed by atoms with van der Waals surface area (Å²) in [5, 5.41) is 3.07. The van der Waals surface area contributed by atoms with Crippen LogP contribution in [0.3, 0.4) is 0 Å². The van der Waals surface area contributed by atoms with E-state index in [9.17, 15) is 18.0 Å². The highest BCUT2D eigenvalue weighted by molar-refractivity contribution is 7.89. The number of Topliss-reactive ketones (excluding diaryl/α,β-unsaturated/α-hetero) is 1. The second-order valence-electron chi connectivity index (χ2n) is 6.17. The molecule has 2 saturated heterocycles. The third-order valence-electron chi connectivity index (χ3n) is 4.58. The van der Waals surface area contributed by atoms with E-state index in [4.69, 9.17) is 0 Å². The van der Waals surface area contributed by atoms with Gasteiger partial charge < -0.3 is 10.2 Å². The molecule has 1 amide bonds. The molecular formula is C16H21N3O4S. The summed E-state index contributed by atoms with van der Waals surface area (Å²) in [6.07, 6.45) is 0. The van der Waals surface area contributed by atoms with E-state index >= 15 is 0 Å². The van der Waals surface area contributed by atoms with Crippen LogP contribution >= 0.6 is 0 Å². The average Bonchev–Trinajstić information content (AvgIpc) is 2.53. The van der Waals surface area contributed by atoms with Gasteiger partial charge in [-0.25, -0.2) is 8.42 Å². The molecule has 0 atom stereocenters. The molecule has 1 aromatic rings. The number of carbonyl (C=O) groups is 2. The lowest BCUT2D eigenvalue weighted by molar-refractivity contribution is -0.138. The van der Waals surface area contributed by atoms with Gasteiger partial charge in [0, 0.05) is 44.8 Å². The Hall–Kier alpha value is -1.77. The topological polar surface area (TPSA) is 86.8 Å². The molecule has 0 bridgehead atoms. The molecule has 0 aliphatic carbocycles. The predicted octanol–water partition coefficient (Wildman–Crippen LogP) is -0.0585. The number of ketones is 1. The molecule has 0 unspecified atom stereocenters. The van der Waals surface area contributed by atoms with E-state index in [0.29, 0.717) is 44.8 Å². The van der Waals surface area contributed by atoms with Crippen LogP contribution < -0.4 is 5.32 Å². The fourth-order valence-corrected chi connectivity index (χ4v) is 4.30. The van der Waals surface area contributed by atoms with Crippen molar-refractivity contribution in [2.45, 2.75) is 11.8 Å². The number of piperazine rings is 1. The van der Waals surface area contributed by atoms with Gasteiger partial charge in [-0.3, -0.25) is 9.59 Å². The number of hydrogen-bond acceptors (Lipinski definition) is 5. The maximum Gasteiger partial charge on any atom is 0.243 e. The van der Waals surface area contributed by atoms with E-state index in [1.54, 1.807) is 4.90 Å². The third-order valence-corrected chi connectivity index (χ3v) is 6.49. The molecule has 130 valence electrons. The normalized spacial score (nSPS) is 19.8. The highest BCUT2D eigenvalue weighted by Gasteiger charge is 2.34. The van der Waals surface area contributed by atoms with Crippen molar-refractivity contribution >= 4 is 21.7 Å². The van der Waals surface area contributed by atoms with Crippen molar-refractivity contribution in [3.63, 3.8) is 0 Å². The van der Waals surface area contributed by atoms with Gasteiger partial charge >= 0.3 is 0 Å². The zero-order valence-corrected chi connectivity index (χ0v) is 14.4. The number of nitrogens with zero attached hydrogens (tertiary/aromatic N) is 2. The van der Waals surface area contributed by atoms with Crippen LogP contribution in [0.1, 0.15) is 17.3 Å². The van der Waals surface area contributed by atoms with Crippen molar-refractivity contribution in [3.05, 3.63) is 29.8 Å². The van der Waals surface area contributed by atoms with Crippen LogP contribution in [0, 0.1) is 5.92 Å². The number of benzene rings is 1. The van der Waals surface area contributed by atoms with Crippen molar-refractivity contribution in [3.8, 4) is 0 Å². The van der Waals surface area contributed by atoms with Crippen molar-refractivity contribution in [1.29, 1.82) is 0 Å². The van der Waals surface area contributed by atoms with Crippen molar-refractivity contribution in [2.24, 2.45) is 5.92 Å². The summed E-state index contributed by atoms with van der Waals surface area (Å²) >= 11 is 0. The quantitative estimate of drug-likeness (QED) is 0.768. The van der Waals surface area contributed by atoms with E-state index < -0.39 is 10.0 Å². The summed E-state index contributed by atoms with van der Waals surface area (Å²) in [7, 11) is -3.59. The van der Waals surface area contributed by atoms with Gasteiger partial charge in [0.25, 0.3) is 0 Å². The molecule has 7 nitrogen and oxygen atoms in total. The number of rotatable bonds is 4. The zero-order chi connectivity index (χ0) is 17.3. The van der Waals surface area contributed by atoms with Gasteiger partial charge in [-0.1, -0.05) is 12.1 Å². The van der Waals surface area contributed by atoms with E-state index in [2.05, 4.69) is 5.32 Å². The average molecular weight is 351 g/mol. The van der Waals surface area contributed by atoms with Crippen molar-refractivity contribution in [2.75, 3.05) is 39.3 Å². The highest BCUT2D eigenvalue weighted by Crippen LogP contribution is 2.19. The molecule has 3 rings (SSSR count). The second-order valence-corrected chi connectivity index (χ2v) is 8.10. The Morgan fingerprint density at radius 2 is 1.62 bits per heavy atom. The smallest absolute Gasteiger partial charge is 0.243 e. The first-order valence-corrected chi connectivity index (χ1v) is 9.44. The highest BCUT2D eigenvalue weighted by atomic mass is 32.2. The fourth-order valence-electron chi connectivity index (χ4n) is 2.88. The first kappa shape index (κ1) is 17.1. The van der Waals surface area contributed by atoms with Gasteiger partial charge in [0.05, 0.1) is 10.8 Å². The molecule has 1 aromatic carbocycles. The summed E-state index contributed by atoms with van der Waals surface area (Å²) in [6, 6.07) is 5.98. The van der Waals surface area contributed by atoms with Crippen molar-refractivity contribution < 1.29 is 18.0 Å². The van der Waals surface area contributed by atoms with Crippen LogP contribution in [-0.4, -0.2) is 68.6 Å². The number of nitrogens with one attached hydrogen (secondary N) is 1. The lowest BCUT2D eigenvalue weighted by atomic mass is 10.0. The Morgan fingerprint density at radius 3 is 2.08 bits per heavy atom. The predicted molar refractivity (Wildman–Crippen MR) is 88.1 cm³/mol. The molecule has 1 N–H and O–H groups in total. The number of sulfonamides is 1. The minimum Gasteiger partial charge on any atom is -0.340 e. The first-order chi connectivity index (χ1) is 11.4. The molecule has 24 heavy (non-hydrogen) atoms. The molecule has 2 aliphatic rings. The molecular weight excluding hydrogens is 330 g/mol. The molecule has 2 heterocycles. The Bertz CT molecular complexity index is 733. The van der Waals surface area contributed by atoms with E-state index in [1.807, 2.05) is 0 Å². The van der Waals surface area contributed by atoms with Gasteiger partial charge in [-0.2, -0.15) is 4.31 Å². The summed E-state index contributed by atoms with van der Waals surface area (Å²) in [5.41, 5.74) is 0.485. The van der Waals surface area contributed by atoms with E-state index in [0.717, 1.165) is 0 Å². The fraction of sp³-hybridized carbons (Fsp3) is 0.500. The summed E-state index contributed by atoms with van der Waals surface area (Å²) in [6.45, 7) is 4.28. The number of carbonyl (C=O) groups excluding carboxylic acids is 2. The second kappa shape index (κ2) is 6.62. The van der Waals surface area contributed by atoms with Gasteiger partial charge in [0.1, 0.15) is 0 Å². The van der Waals surface area contributed by atoms with Crippen LogP contribution in [0.15, 0.2) is 29.2 Å². The van der Waals surface area contributed by atoms with Crippen LogP contribution in [0.2, 0.25) is 0 Å². The zero-order valence-electron chi connectivity index (χ0n) is 13.6. The first-order valence-electron chi connectivity index (χ1n) is 8.00. The summed E-state index contributed by atoms with van der Waals surface area (Å²) in [4.78, 5) is 25.4. The molecule has 0 spiro atoms. The summed E-state index contributed by atoms with van der Waals surface area (Å²) < 4.78 is 26.7. The van der Waals surface area contributed by atoms with Gasteiger partial charge in [-0.05, 0) is 19.1 Å². The van der Waals surface area contributed by atoms with E-state index in [-0.39, 0.29) is 22.5 Å². The Balaban J connectivity index is 1.66. The lowest BCUT2D eigenvalue weighted by Gasteiger charge is -2.37.